The van der Waals surface area contributed by atoms with E-state index in [2.05, 4.69) is 5.32 Å². The van der Waals surface area contributed by atoms with Crippen molar-refractivity contribution in [1.29, 1.82) is 0 Å². The van der Waals surface area contributed by atoms with E-state index in [0.29, 0.717) is 18.1 Å². The van der Waals surface area contributed by atoms with Gasteiger partial charge in [0.1, 0.15) is 12.7 Å². The van der Waals surface area contributed by atoms with Gasteiger partial charge in [0.15, 0.2) is 18.1 Å². The summed E-state index contributed by atoms with van der Waals surface area (Å²) in [6, 6.07) is 17.1. The third-order valence-corrected chi connectivity index (χ3v) is 5.60. The highest BCUT2D eigenvalue weighted by atomic mass is 16.6. The number of carbonyl (C=O) groups is 2. The normalized spacial score (nSPS) is 19.4. The first-order chi connectivity index (χ1) is 14.2. The van der Waals surface area contributed by atoms with Crippen molar-refractivity contribution in [2.24, 2.45) is 0 Å². The Morgan fingerprint density at radius 3 is 2.45 bits per heavy atom. The standard InChI is InChI=1S/C23H25NO5/c25-21(24-14-18-15-27-19-10-4-5-11-20(19)29-18)16-28-22(26)23(12-6-7-13-23)17-8-2-1-3-9-17/h1-5,8-11,18H,6-7,12-16H2,(H,24,25)/t18-/m0/s1. The van der Waals surface area contributed by atoms with Gasteiger partial charge in [-0.25, -0.2) is 0 Å². The Labute approximate surface area is 170 Å². The molecule has 1 amide bonds. The van der Waals surface area contributed by atoms with Crippen LogP contribution in [0, 0.1) is 0 Å². The number of esters is 1. The van der Waals surface area contributed by atoms with Crippen molar-refractivity contribution in [1.82, 2.24) is 5.32 Å². The molecular weight excluding hydrogens is 370 g/mol. The third kappa shape index (κ3) is 4.21. The SMILES string of the molecule is O=C(COC(=O)C1(c2ccccc2)CCCC1)NC[C@H]1COc2ccccc2O1. The van der Waals surface area contributed by atoms with Crippen molar-refractivity contribution in [3.63, 3.8) is 0 Å². The zero-order valence-corrected chi connectivity index (χ0v) is 16.3. The number of carbonyl (C=O) groups excluding carboxylic acids is 2. The number of hydrogen-bond donors (Lipinski definition) is 1. The topological polar surface area (TPSA) is 73.9 Å². The van der Waals surface area contributed by atoms with Gasteiger partial charge in [0.2, 0.25) is 0 Å². The van der Waals surface area contributed by atoms with Crippen LogP contribution in [0.4, 0.5) is 0 Å². The molecule has 0 bridgehead atoms. The maximum Gasteiger partial charge on any atom is 0.317 e. The predicted octanol–water partition coefficient (Wildman–Crippen LogP) is 3.00. The van der Waals surface area contributed by atoms with E-state index in [0.717, 1.165) is 31.2 Å². The quantitative estimate of drug-likeness (QED) is 0.761. The molecule has 1 aliphatic carbocycles. The lowest BCUT2D eigenvalue weighted by atomic mass is 9.79. The minimum absolute atomic E-state index is 0.282. The first-order valence-corrected chi connectivity index (χ1v) is 10.1. The Bertz CT molecular complexity index is 861. The second kappa shape index (κ2) is 8.55. The van der Waals surface area contributed by atoms with Crippen molar-refractivity contribution >= 4 is 11.9 Å². The molecule has 1 heterocycles. The zero-order chi connectivity index (χ0) is 20.1. The molecule has 1 saturated carbocycles. The van der Waals surface area contributed by atoms with Crippen LogP contribution in [-0.4, -0.2) is 37.7 Å². The average molecular weight is 395 g/mol. The van der Waals surface area contributed by atoms with Crippen molar-refractivity contribution in [3.05, 3.63) is 60.2 Å². The number of ether oxygens (including phenoxy) is 3. The van der Waals surface area contributed by atoms with Crippen LogP contribution in [0.25, 0.3) is 0 Å². The summed E-state index contributed by atoms with van der Waals surface area (Å²) in [4.78, 5) is 25.1. The Morgan fingerprint density at radius 1 is 1.00 bits per heavy atom. The molecule has 6 nitrogen and oxygen atoms in total. The van der Waals surface area contributed by atoms with Gasteiger partial charge in [-0.15, -0.1) is 0 Å². The van der Waals surface area contributed by atoms with Crippen LogP contribution in [-0.2, 0) is 19.7 Å². The Hall–Kier alpha value is -3.02. The Kier molecular flexibility index (Phi) is 5.69. The van der Waals surface area contributed by atoms with Crippen LogP contribution in [0.1, 0.15) is 31.2 Å². The molecule has 0 aromatic heterocycles. The highest BCUT2D eigenvalue weighted by Gasteiger charge is 2.44. The van der Waals surface area contributed by atoms with Crippen LogP contribution < -0.4 is 14.8 Å². The molecular formula is C23H25NO5. The minimum Gasteiger partial charge on any atom is -0.486 e. The van der Waals surface area contributed by atoms with Crippen molar-refractivity contribution in [3.8, 4) is 11.5 Å². The van der Waals surface area contributed by atoms with E-state index >= 15 is 0 Å². The van der Waals surface area contributed by atoms with Gasteiger partial charge < -0.3 is 19.5 Å². The molecule has 2 aliphatic rings. The molecule has 2 aromatic rings. The van der Waals surface area contributed by atoms with E-state index in [1.807, 2.05) is 54.6 Å². The van der Waals surface area contributed by atoms with Gasteiger partial charge in [-0.1, -0.05) is 55.3 Å². The monoisotopic (exact) mass is 395 g/mol. The summed E-state index contributed by atoms with van der Waals surface area (Å²) >= 11 is 0. The summed E-state index contributed by atoms with van der Waals surface area (Å²) < 4.78 is 16.9. The van der Waals surface area contributed by atoms with Crippen molar-refractivity contribution < 1.29 is 23.8 Å². The molecule has 2 aromatic carbocycles. The van der Waals surface area contributed by atoms with Crippen LogP contribution in [0.2, 0.25) is 0 Å². The van der Waals surface area contributed by atoms with Crippen LogP contribution >= 0.6 is 0 Å². The van der Waals surface area contributed by atoms with Gasteiger partial charge in [0, 0.05) is 0 Å². The lowest BCUT2D eigenvalue weighted by Gasteiger charge is -2.27. The smallest absolute Gasteiger partial charge is 0.317 e. The molecule has 0 radical (unpaired) electrons. The van der Waals surface area contributed by atoms with Gasteiger partial charge in [-0.3, -0.25) is 9.59 Å². The zero-order valence-electron chi connectivity index (χ0n) is 16.3. The lowest BCUT2D eigenvalue weighted by molar-refractivity contribution is -0.154. The fraction of sp³-hybridized carbons (Fsp3) is 0.391. The number of nitrogens with one attached hydrogen (secondary N) is 1. The Balaban J connectivity index is 1.28. The molecule has 29 heavy (non-hydrogen) atoms. The van der Waals surface area contributed by atoms with Gasteiger partial charge >= 0.3 is 5.97 Å². The maximum absolute atomic E-state index is 12.9. The molecule has 1 N–H and O–H groups in total. The first kappa shape index (κ1) is 19.3. The van der Waals surface area contributed by atoms with E-state index in [9.17, 15) is 9.59 Å². The van der Waals surface area contributed by atoms with Crippen molar-refractivity contribution in [2.75, 3.05) is 19.8 Å². The predicted molar refractivity (Wildman–Crippen MR) is 107 cm³/mol. The van der Waals surface area contributed by atoms with E-state index in [-0.39, 0.29) is 31.1 Å². The summed E-state index contributed by atoms with van der Waals surface area (Å²) in [6.07, 6.45) is 3.19. The minimum atomic E-state index is -0.633. The number of amides is 1. The average Bonchev–Trinajstić information content (AvgIpc) is 3.28. The summed E-state index contributed by atoms with van der Waals surface area (Å²) in [6.45, 7) is 0.348. The highest BCUT2D eigenvalue weighted by Crippen LogP contribution is 2.42. The fourth-order valence-corrected chi connectivity index (χ4v) is 4.06. The molecule has 1 atom stereocenters. The van der Waals surface area contributed by atoms with E-state index in [4.69, 9.17) is 14.2 Å². The Morgan fingerprint density at radius 2 is 1.69 bits per heavy atom. The molecule has 1 fully saturated rings. The van der Waals surface area contributed by atoms with Gasteiger partial charge in [-0.2, -0.15) is 0 Å². The summed E-state index contributed by atoms with van der Waals surface area (Å²) in [5.74, 6) is 0.701. The largest absolute Gasteiger partial charge is 0.486 e. The fourth-order valence-electron chi connectivity index (χ4n) is 4.06. The van der Waals surface area contributed by atoms with Crippen LogP contribution in [0.5, 0.6) is 11.5 Å². The number of fused-ring (bicyclic) bond motifs is 1. The van der Waals surface area contributed by atoms with Gasteiger partial charge in [-0.05, 0) is 30.5 Å². The van der Waals surface area contributed by atoms with Crippen molar-refractivity contribution in [2.45, 2.75) is 37.2 Å². The number of rotatable bonds is 6. The molecule has 4 rings (SSSR count). The molecule has 6 heteroatoms. The summed E-state index contributed by atoms with van der Waals surface area (Å²) in [5.41, 5.74) is 0.334. The lowest BCUT2D eigenvalue weighted by Crippen LogP contribution is -2.43. The number of benzene rings is 2. The summed E-state index contributed by atoms with van der Waals surface area (Å²) in [7, 11) is 0. The number of hydrogen-bond acceptors (Lipinski definition) is 5. The molecule has 0 saturated heterocycles. The molecule has 0 spiro atoms. The molecule has 0 unspecified atom stereocenters. The molecule has 152 valence electrons. The molecule has 1 aliphatic heterocycles. The van der Waals surface area contributed by atoms with E-state index < -0.39 is 5.41 Å². The maximum atomic E-state index is 12.9. The first-order valence-electron chi connectivity index (χ1n) is 10.1. The summed E-state index contributed by atoms with van der Waals surface area (Å²) in [5, 5.41) is 2.76. The third-order valence-electron chi connectivity index (χ3n) is 5.60. The second-order valence-corrected chi connectivity index (χ2v) is 7.53. The van der Waals surface area contributed by atoms with Gasteiger partial charge in [0.05, 0.1) is 12.0 Å². The van der Waals surface area contributed by atoms with E-state index in [1.54, 1.807) is 0 Å². The number of para-hydroxylation sites is 2. The van der Waals surface area contributed by atoms with Crippen LogP contribution in [0.15, 0.2) is 54.6 Å². The highest BCUT2D eigenvalue weighted by molar-refractivity contribution is 5.86. The van der Waals surface area contributed by atoms with E-state index in [1.165, 1.54) is 0 Å². The second-order valence-electron chi connectivity index (χ2n) is 7.53. The van der Waals surface area contributed by atoms with Crippen LogP contribution in [0.3, 0.4) is 0 Å². The van der Waals surface area contributed by atoms with Gasteiger partial charge in [0.25, 0.3) is 5.91 Å².